The van der Waals surface area contributed by atoms with E-state index in [1.165, 1.54) is 12.1 Å². The molecule has 0 radical (unpaired) electrons. The smallest absolute Gasteiger partial charge is 0.194 e. The van der Waals surface area contributed by atoms with E-state index in [-0.39, 0.29) is 11.3 Å². The van der Waals surface area contributed by atoms with E-state index in [0.29, 0.717) is 11.5 Å². The van der Waals surface area contributed by atoms with Crippen LogP contribution in [0.1, 0.15) is 11.1 Å². The molecule has 4 heteroatoms. The summed E-state index contributed by atoms with van der Waals surface area (Å²) in [7, 11) is 0. The second-order valence-corrected chi connectivity index (χ2v) is 3.07. The molecule has 0 spiro atoms. The molecule has 1 aromatic carbocycles. The number of fused-ring (bicyclic) bond motifs is 1. The molecule has 0 bridgehead atoms. The summed E-state index contributed by atoms with van der Waals surface area (Å²) in [4.78, 5) is 0. The molecule has 2 rings (SSSR count). The minimum atomic E-state index is -0.0519. The maximum atomic E-state index is 9.44. The van der Waals surface area contributed by atoms with Gasteiger partial charge in [0.2, 0.25) is 0 Å². The van der Waals surface area contributed by atoms with Crippen LogP contribution in [-0.4, -0.2) is 5.11 Å². The van der Waals surface area contributed by atoms with Gasteiger partial charge in [-0.1, -0.05) is 0 Å². The highest BCUT2D eigenvalue weighted by atomic mass is 16.3. The molecule has 0 aliphatic heterocycles. The monoisotopic (exact) mass is 188 g/mol. The lowest BCUT2D eigenvalue weighted by Gasteiger charge is -1.95. The van der Waals surface area contributed by atoms with Crippen LogP contribution >= 0.6 is 0 Å². The number of aryl methyl sites for hydroxylation is 1. The average molecular weight is 188 g/mol. The molecular formula is C10H8N2O2. The molecule has 0 unspecified atom stereocenters. The van der Waals surface area contributed by atoms with Crippen molar-refractivity contribution in [1.29, 1.82) is 5.26 Å². The van der Waals surface area contributed by atoms with Crippen LogP contribution in [0.2, 0.25) is 0 Å². The Hall–Kier alpha value is -2.15. The molecule has 1 aromatic heterocycles. The van der Waals surface area contributed by atoms with Crippen molar-refractivity contribution < 1.29 is 9.52 Å². The minimum absolute atomic E-state index is 0.0519. The molecule has 0 amide bonds. The van der Waals surface area contributed by atoms with Crippen LogP contribution in [0.5, 0.6) is 5.75 Å². The highest BCUT2D eigenvalue weighted by Crippen LogP contribution is 2.31. The fourth-order valence-corrected chi connectivity index (χ4v) is 1.36. The molecule has 70 valence electrons. The molecule has 3 N–H and O–H groups in total. The van der Waals surface area contributed by atoms with Crippen LogP contribution in [0.15, 0.2) is 16.5 Å². The van der Waals surface area contributed by atoms with E-state index >= 15 is 0 Å². The summed E-state index contributed by atoms with van der Waals surface area (Å²) < 4.78 is 5.21. The van der Waals surface area contributed by atoms with E-state index in [2.05, 4.69) is 0 Å². The van der Waals surface area contributed by atoms with E-state index in [9.17, 15) is 5.11 Å². The van der Waals surface area contributed by atoms with Gasteiger partial charge < -0.3 is 15.3 Å². The number of nitrogens with zero attached hydrogens (tertiary/aromatic N) is 1. The van der Waals surface area contributed by atoms with E-state index in [0.717, 1.165) is 10.9 Å². The molecule has 0 aliphatic rings. The van der Waals surface area contributed by atoms with Crippen molar-refractivity contribution in [3.63, 3.8) is 0 Å². The van der Waals surface area contributed by atoms with E-state index in [4.69, 9.17) is 15.4 Å². The van der Waals surface area contributed by atoms with Crippen LogP contribution in [0.4, 0.5) is 5.88 Å². The number of benzene rings is 1. The number of phenols is 1. The molecular weight excluding hydrogens is 180 g/mol. The van der Waals surface area contributed by atoms with Crippen molar-refractivity contribution >= 4 is 16.9 Å². The van der Waals surface area contributed by atoms with Crippen LogP contribution in [-0.2, 0) is 0 Å². The van der Waals surface area contributed by atoms with Gasteiger partial charge in [0.1, 0.15) is 17.4 Å². The molecule has 1 heterocycles. The fraction of sp³-hybridized carbons (Fsp3) is 0.100. The molecule has 4 nitrogen and oxygen atoms in total. The SMILES string of the molecule is Cc1c(N)oc2cc(C#N)c(O)cc12. The number of hydrogen-bond donors (Lipinski definition) is 2. The maximum absolute atomic E-state index is 9.44. The Balaban J connectivity index is 2.88. The lowest BCUT2D eigenvalue weighted by molar-refractivity contribution is 0.474. The predicted molar refractivity (Wildman–Crippen MR) is 51.7 cm³/mol. The highest BCUT2D eigenvalue weighted by molar-refractivity contribution is 5.87. The van der Waals surface area contributed by atoms with Crippen molar-refractivity contribution in [1.82, 2.24) is 0 Å². The predicted octanol–water partition coefficient (Wildman–Crippen LogP) is 1.90. The van der Waals surface area contributed by atoms with Gasteiger partial charge in [0.05, 0.1) is 5.56 Å². The van der Waals surface area contributed by atoms with Crippen molar-refractivity contribution in [2.24, 2.45) is 0 Å². The Morgan fingerprint density at radius 2 is 2.21 bits per heavy atom. The third-order valence-electron chi connectivity index (χ3n) is 2.21. The average Bonchev–Trinajstić information content (AvgIpc) is 2.43. The largest absolute Gasteiger partial charge is 0.507 e. The van der Waals surface area contributed by atoms with Gasteiger partial charge >= 0.3 is 0 Å². The Bertz CT molecular complexity index is 549. The first kappa shape index (κ1) is 8.45. The first-order valence-corrected chi connectivity index (χ1v) is 4.05. The zero-order valence-electron chi connectivity index (χ0n) is 7.53. The fourth-order valence-electron chi connectivity index (χ4n) is 1.36. The van der Waals surface area contributed by atoms with Gasteiger partial charge in [-0.25, -0.2) is 0 Å². The van der Waals surface area contributed by atoms with Crippen LogP contribution in [0.3, 0.4) is 0 Å². The Morgan fingerprint density at radius 3 is 2.86 bits per heavy atom. The van der Waals surface area contributed by atoms with Crippen LogP contribution in [0, 0.1) is 18.3 Å². The van der Waals surface area contributed by atoms with Gasteiger partial charge in [0.25, 0.3) is 0 Å². The third-order valence-corrected chi connectivity index (χ3v) is 2.21. The number of rotatable bonds is 0. The van der Waals surface area contributed by atoms with E-state index in [1.54, 1.807) is 6.92 Å². The maximum Gasteiger partial charge on any atom is 0.194 e. The van der Waals surface area contributed by atoms with Crippen molar-refractivity contribution in [2.45, 2.75) is 6.92 Å². The van der Waals surface area contributed by atoms with E-state index in [1.807, 2.05) is 6.07 Å². The van der Waals surface area contributed by atoms with Crippen LogP contribution in [0.25, 0.3) is 11.0 Å². The van der Waals surface area contributed by atoms with Crippen molar-refractivity contribution in [3.8, 4) is 11.8 Å². The molecule has 0 fully saturated rings. The summed E-state index contributed by atoms with van der Waals surface area (Å²) in [6.45, 7) is 1.80. The first-order valence-electron chi connectivity index (χ1n) is 4.05. The summed E-state index contributed by atoms with van der Waals surface area (Å²) >= 11 is 0. The number of nitriles is 1. The zero-order chi connectivity index (χ0) is 10.3. The number of anilines is 1. The molecule has 0 atom stereocenters. The van der Waals surface area contributed by atoms with Gasteiger partial charge in [0, 0.05) is 17.0 Å². The number of nitrogen functional groups attached to an aromatic ring is 1. The minimum Gasteiger partial charge on any atom is -0.507 e. The second kappa shape index (κ2) is 2.67. The molecule has 14 heavy (non-hydrogen) atoms. The number of phenolic OH excluding ortho intramolecular Hbond substituents is 1. The summed E-state index contributed by atoms with van der Waals surface area (Å²) in [5.74, 6) is 0.262. The van der Waals surface area contributed by atoms with Crippen molar-refractivity contribution in [3.05, 3.63) is 23.3 Å². The third kappa shape index (κ3) is 0.995. The summed E-state index contributed by atoms with van der Waals surface area (Å²) in [5.41, 5.74) is 7.05. The Kier molecular flexibility index (Phi) is 1.61. The Morgan fingerprint density at radius 1 is 1.50 bits per heavy atom. The molecule has 0 aliphatic carbocycles. The highest BCUT2D eigenvalue weighted by Gasteiger charge is 2.11. The number of furan rings is 1. The van der Waals surface area contributed by atoms with Gasteiger partial charge in [-0.2, -0.15) is 5.26 Å². The number of hydrogen-bond acceptors (Lipinski definition) is 4. The van der Waals surface area contributed by atoms with Gasteiger partial charge in [-0.3, -0.25) is 0 Å². The van der Waals surface area contributed by atoms with Crippen LogP contribution < -0.4 is 5.73 Å². The quantitative estimate of drug-likeness (QED) is 0.661. The lowest BCUT2D eigenvalue weighted by Crippen LogP contribution is -1.81. The summed E-state index contributed by atoms with van der Waals surface area (Å²) in [6, 6.07) is 4.83. The van der Waals surface area contributed by atoms with Crippen molar-refractivity contribution in [2.75, 3.05) is 5.73 Å². The van der Waals surface area contributed by atoms with Gasteiger partial charge in [-0.15, -0.1) is 0 Å². The summed E-state index contributed by atoms with van der Waals surface area (Å²) in [6.07, 6.45) is 0. The molecule has 0 saturated heterocycles. The normalized spacial score (nSPS) is 10.3. The topological polar surface area (TPSA) is 83.2 Å². The second-order valence-electron chi connectivity index (χ2n) is 3.07. The van der Waals surface area contributed by atoms with Gasteiger partial charge in [0.15, 0.2) is 5.88 Å². The molecule has 0 saturated carbocycles. The molecule has 2 aromatic rings. The standard InChI is InChI=1S/C10H8N2O2/c1-5-7-3-8(13)6(4-11)2-9(7)14-10(5)12/h2-3,13H,12H2,1H3. The first-order chi connectivity index (χ1) is 6.63. The lowest BCUT2D eigenvalue weighted by atomic mass is 10.1. The zero-order valence-corrected chi connectivity index (χ0v) is 7.53. The van der Waals surface area contributed by atoms with Gasteiger partial charge in [-0.05, 0) is 13.0 Å². The van der Waals surface area contributed by atoms with E-state index < -0.39 is 0 Å². The Labute approximate surface area is 80.2 Å². The number of nitrogens with two attached hydrogens (primary N) is 1. The summed E-state index contributed by atoms with van der Waals surface area (Å²) in [5, 5.41) is 18.8. The number of aromatic hydroxyl groups is 1.